The maximum absolute atomic E-state index is 14.1. The molecular weight excluding hydrogens is 645 g/mol. The van der Waals surface area contributed by atoms with Crippen LogP contribution in [0, 0.1) is 5.92 Å². The lowest BCUT2D eigenvalue weighted by Crippen LogP contribution is -2.59. The van der Waals surface area contributed by atoms with Crippen molar-refractivity contribution in [1.29, 1.82) is 0 Å². The Morgan fingerprint density at radius 3 is 1.86 bits per heavy atom. The van der Waals surface area contributed by atoms with Crippen LogP contribution in [0.2, 0.25) is 0 Å². The smallest absolute Gasteiger partial charge is 0.430 e. The van der Waals surface area contributed by atoms with Crippen LogP contribution < -0.4 is 21.1 Å². The number of nitrogens with zero attached hydrogens (tertiary/aromatic N) is 1. The number of carboxylic acid groups (broad SMARTS) is 1. The summed E-state index contributed by atoms with van der Waals surface area (Å²) in [5.41, 5.74) is 1.72. The van der Waals surface area contributed by atoms with E-state index in [4.69, 9.17) is 14.6 Å². The molecule has 49 heavy (non-hydrogen) atoms. The van der Waals surface area contributed by atoms with Crippen LogP contribution >= 0.6 is 0 Å². The number of rotatable bonds is 11. The third-order valence-corrected chi connectivity index (χ3v) is 8.98. The zero-order valence-electron chi connectivity index (χ0n) is 27.8. The van der Waals surface area contributed by atoms with E-state index in [1.165, 1.54) is 7.11 Å². The van der Waals surface area contributed by atoms with E-state index in [9.17, 15) is 32.3 Å². The van der Waals surface area contributed by atoms with Crippen LogP contribution in [0.1, 0.15) is 68.9 Å². The van der Waals surface area contributed by atoms with Gasteiger partial charge in [0.15, 0.2) is 0 Å². The molecule has 0 radical (unpaired) electrons. The van der Waals surface area contributed by atoms with E-state index in [1.807, 2.05) is 60.7 Å². The quantitative estimate of drug-likeness (QED) is 0.304. The molecule has 11 nitrogen and oxygen atoms in total. The number of esters is 1. The largest absolute Gasteiger partial charge is 0.542 e. The van der Waals surface area contributed by atoms with Crippen LogP contribution in [0.15, 0.2) is 60.7 Å². The first-order chi connectivity index (χ1) is 23.3. The number of carbonyl (C=O) groups is 5. The molecule has 1 saturated carbocycles. The van der Waals surface area contributed by atoms with Gasteiger partial charge in [0, 0.05) is 12.5 Å². The van der Waals surface area contributed by atoms with Gasteiger partial charge >= 0.3 is 12.1 Å². The molecule has 3 amide bonds. The number of benzene rings is 2. The minimum absolute atomic E-state index is 0.0203. The fourth-order valence-corrected chi connectivity index (χ4v) is 6.29. The van der Waals surface area contributed by atoms with Crippen molar-refractivity contribution in [1.82, 2.24) is 20.9 Å². The van der Waals surface area contributed by atoms with Gasteiger partial charge < -0.3 is 35.5 Å². The van der Waals surface area contributed by atoms with Crippen molar-refractivity contribution in [3.8, 4) is 0 Å². The van der Waals surface area contributed by atoms with E-state index in [0.29, 0.717) is 19.4 Å². The second kappa shape index (κ2) is 18.3. The molecule has 4 rings (SSSR count). The maximum Gasteiger partial charge on any atom is 0.430 e. The standard InChI is InChI=1S/C33H44N4O5.C2HF3O2/c1-22(34-2)30(38)35-28(25-18-11-6-12-19-25)32(40)37-21-13-20-26(37)31(39)36-29(33(41)42-3)27(23-14-7-4-8-15-23)24-16-9-5-10-17-24;3-2(4,5)1(6)7/h4-5,7-10,14-17,22,25-29,34H,6,11-13,18-21H2,1-3H3,(H,35,38)(H,36,39);(H,6,7)/p-1. The highest BCUT2D eigenvalue weighted by atomic mass is 19.4. The van der Waals surface area contributed by atoms with Crippen molar-refractivity contribution in [2.45, 2.75) is 88.1 Å². The Labute approximate surface area is 283 Å². The third kappa shape index (κ3) is 10.8. The summed E-state index contributed by atoms with van der Waals surface area (Å²) >= 11 is 0. The van der Waals surface area contributed by atoms with Gasteiger partial charge in [-0.15, -0.1) is 0 Å². The molecule has 268 valence electrons. The lowest BCUT2D eigenvalue weighted by atomic mass is 9.83. The Hall–Kier alpha value is -4.46. The molecule has 1 aliphatic carbocycles. The summed E-state index contributed by atoms with van der Waals surface area (Å²) in [6.07, 6.45) is 0.794. The van der Waals surface area contributed by atoms with E-state index in [-0.39, 0.29) is 17.7 Å². The highest BCUT2D eigenvalue weighted by Crippen LogP contribution is 2.31. The van der Waals surface area contributed by atoms with Crippen LogP contribution in [0.5, 0.6) is 0 Å². The van der Waals surface area contributed by atoms with E-state index in [2.05, 4.69) is 16.0 Å². The summed E-state index contributed by atoms with van der Waals surface area (Å²) in [6, 6.07) is 16.2. The highest BCUT2D eigenvalue weighted by molar-refractivity contribution is 5.95. The number of aliphatic carboxylic acids is 1. The Bertz CT molecular complexity index is 1370. The van der Waals surface area contributed by atoms with Crippen molar-refractivity contribution in [2.24, 2.45) is 5.92 Å². The number of carbonyl (C=O) groups excluding carboxylic acids is 5. The summed E-state index contributed by atoms with van der Waals surface area (Å²) in [5, 5.41) is 17.7. The molecule has 1 heterocycles. The van der Waals surface area contributed by atoms with Crippen molar-refractivity contribution in [3.63, 3.8) is 0 Å². The molecule has 3 N–H and O–H groups in total. The van der Waals surface area contributed by atoms with Crippen molar-refractivity contribution < 1.29 is 47.0 Å². The number of hydrogen-bond acceptors (Lipinski definition) is 8. The third-order valence-electron chi connectivity index (χ3n) is 8.98. The molecule has 4 atom stereocenters. The topological polar surface area (TPSA) is 157 Å². The van der Waals surface area contributed by atoms with Gasteiger partial charge in [-0.25, -0.2) is 4.79 Å². The minimum atomic E-state index is -5.19. The van der Waals surface area contributed by atoms with Gasteiger partial charge in [-0.2, -0.15) is 13.2 Å². The molecule has 2 aliphatic rings. The minimum Gasteiger partial charge on any atom is -0.542 e. The molecule has 14 heteroatoms. The number of hydrogen-bond donors (Lipinski definition) is 3. The second-order valence-electron chi connectivity index (χ2n) is 12.2. The number of methoxy groups -OCH3 is 1. The molecule has 0 bridgehead atoms. The number of alkyl halides is 3. The number of halogens is 3. The number of likely N-dealkylation sites (tertiary alicyclic amines) is 1. The molecule has 1 saturated heterocycles. The zero-order chi connectivity index (χ0) is 36.1. The predicted octanol–water partition coefficient (Wildman–Crippen LogP) is 2.44. The van der Waals surface area contributed by atoms with Gasteiger partial charge in [0.25, 0.3) is 0 Å². The summed E-state index contributed by atoms with van der Waals surface area (Å²) in [5.74, 6) is -4.91. The Morgan fingerprint density at radius 2 is 1.39 bits per heavy atom. The Balaban J connectivity index is 0.000000838. The highest BCUT2D eigenvalue weighted by Gasteiger charge is 2.43. The van der Waals surface area contributed by atoms with Crippen molar-refractivity contribution >= 4 is 29.7 Å². The Morgan fingerprint density at radius 1 is 0.857 bits per heavy atom. The number of carboxylic acids is 1. The number of likely N-dealkylation sites (N-methyl/N-ethyl adjacent to an activating group) is 1. The molecule has 1 aliphatic heterocycles. The summed E-state index contributed by atoms with van der Waals surface area (Å²) < 4.78 is 36.7. The molecule has 0 spiro atoms. The number of amides is 3. The first-order valence-electron chi connectivity index (χ1n) is 16.3. The van der Waals surface area contributed by atoms with E-state index >= 15 is 0 Å². The second-order valence-corrected chi connectivity index (χ2v) is 12.2. The fourth-order valence-electron chi connectivity index (χ4n) is 6.29. The SMILES string of the molecule is CNC(C)C(=O)NC(C(=O)N1CCCC1C(=O)NC(C(=O)OC)C(c1ccccc1)c1ccccc1)C1CCCCC1.O=C([O-])C(F)(F)F. The maximum atomic E-state index is 14.1. The molecule has 2 fully saturated rings. The summed E-state index contributed by atoms with van der Waals surface area (Å²) in [6.45, 7) is 2.17. The number of ether oxygens (including phenoxy) is 1. The molecule has 2 aromatic carbocycles. The summed E-state index contributed by atoms with van der Waals surface area (Å²) in [4.78, 5) is 64.5. The lowest BCUT2D eigenvalue weighted by molar-refractivity contribution is -0.344. The molecule has 4 unspecified atom stereocenters. The average Bonchev–Trinajstić information content (AvgIpc) is 3.61. The molecular formula is C35H44F3N4O7-. The normalized spacial score (nSPS) is 18.3. The van der Waals surface area contributed by atoms with Crippen molar-refractivity contribution in [3.05, 3.63) is 71.8 Å². The van der Waals surface area contributed by atoms with Crippen LogP contribution in [0.25, 0.3) is 0 Å². The van der Waals surface area contributed by atoms with E-state index in [1.54, 1.807) is 18.9 Å². The van der Waals surface area contributed by atoms with Gasteiger partial charge in [-0.05, 0) is 56.7 Å². The van der Waals surface area contributed by atoms with Gasteiger partial charge in [0.2, 0.25) is 17.7 Å². The fraction of sp³-hybridized carbons (Fsp3) is 0.514. The van der Waals surface area contributed by atoms with Crippen LogP contribution in [0.3, 0.4) is 0 Å². The zero-order valence-corrected chi connectivity index (χ0v) is 27.8. The first kappa shape index (κ1) is 39.0. The van der Waals surface area contributed by atoms with Gasteiger partial charge in [-0.1, -0.05) is 79.9 Å². The Kier molecular flexibility index (Phi) is 14.6. The van der Waals surface area contributed by atoms with Gasteiger partial charge in [0.05, 0.1) is 13.2 Å². The van der Waals surface area contributed by atoms with E-state index in [0.717, 1.165) is 43.2 Å². The first-order valence-corrected chi connectivity index (χ1v) is 16.3. The van der Waals surface area contributed by atoms with Crippen LogP contribution in [0.4, 0.5) is 13.2 Å². The van der Waals surface area contributed by atoms with E-state index < -0.39 is 54.1 Å². The molecule has 2 aromatic rings. The summed E-state index contributed by atoms with van der Waals surface area (Å²) in [7, 11) is 3.02. The van der Waals surface area contributed by atoms with Crippen molar-refractivity contribution in [2.75, 3.05) is 20.7 Å². The van der Waals surface area contributed by atoms with Crippen LogP contribution in [-0.2, 0) is 28.7 Å². The lowest BCUT2D eigenvalue weighted by Gasteiger charge is -2.35. The van der Waals surface area contributed by atoms with Gasteiger partial charge in [-0.3, -0.25) is 14.4 Å². The van der Waals surface area contributed by atoms with Crippen LogP contribution in [-0.4, -0.2) is 85.6 Å². The number of nitrogens with one attached hydrogen (secondary N) is 3. The average molecular weight is 690 g/mol. The monoisotopic (exact) mass is 689 g/mol. The molecule has 0 aromatic heterocycles. The predicted molar refractivity (Wildman–Crippen MR) is 171 cm³/mol. The van der Waals surface area contributed by atoms with Gasteiger partial charge in [0.1, 0.15) is 24.1 Å².